The molecule has 1 saturated carbocycles. The van der Waals surface area contributed by atoms with E-state index in [9.17, 15) is 14.7 Å². The smallest absolute Gasteiger partial charge is 0.330 e. The molecule has 2 heterocycles. The molecule has 0 saturated heterocycles. The van der Waals surface area contributed by atoms with Crippen molar-refractivity contribution in [3.05, 3.63) is 56.7 Å². The molecular formula is C20H20N4O4S. The molecule has 29 heavy (non-hydrogen) atoms. The zero-order valence-electron chi connectivity index (χ0n) is 15.7. The van der Waals surface area contributed by atoms with Gasteiger partial charge in [-0.1, -0.05) is 18.2 Å². The van der Waals surface area contributed by atoms with Gasteiger partial charge in [0.05, 0.1) is 7.11 Å². The summed E-state index contributed by atoms with van der Waals surface area (Å²) in [5.74, 6) is -0.766. The molecule has 3 aromatic rings. The fourth-order valence-electron chi connectivity index (χ4n) is 3.35. The molecule has 1 aromatic carbocycles. The Bertz CT molecular complexity index is 1220. The zero-order valence-corrected chi connectivity index (χ0v) is 16.5. The van der Waals surface area contributed by atoms with Crippen molar-refractivity contribution in [2.45, 2.75) is 31.3 Å². The van der Waals surface area contributed by atoms with Gasteiger partial charge in [0, 0.05) is 35.8 Å². The largest absolute Gasteiger partial charge is 0.494 e. The number of rotatable bonds is 6. The first-order chi connectivity index (χ1) is 14.0. The second kappa shape index (κ2) is 7.67. The molecule has 9 heteroatoms. The van der Waals surface area contributed by atoms with Crippen LogP contribution in [0.25, 0.3) is 10.9 Å². The Morgan fingerprint density at radius 2 is 2.21 bits per heavy atom. The number of ether oxygens (including phenoxy) is 1. The average molecular weight is 412 g/mol. The molecule has 0 spiro atoms. The number of aliphatic imine (C=N–C) groups is 1. The van der Waals surface area contributed by atoms with Gasteiger partial charge in [-0.15, -0.1) is 0 Å². The highest BCUT2D eigenvalue weighted by Gasteiger charge is 2.28. The molecule has 1 aliphatic rings. The van der Waals surface area contributed by atoms with Crippen LogP contribution in [0.5, 0.6) is 5.88 Å². The summed E-state index contributed by atoms with van der Waals surface area (Å²) in [6.07, 6.45) is 5.10. The van der Waals surface area contributed by atoms with Gasteiger partial charge in [0.15, 0.2) is 10.8 Å². The molecular weight excluding hydrogens is 392 g/mol. The van der Waals surface area contributed by atoms with E-state index < -0.39 is 17.6 Å². The van der Waals surface area contributed by atoms with Crippen LogP contribution < -0.4 is 5.56 Å². The summed E-state index contributed by atoms with van der Waals surface area (Å²) in [5.41, 5.74) is 1.28. The summed E-state index contributed by atoms with van der Waals surface area (Å²) in [6.45, 7) is 0. The first kappa shape index (κ1) is 19.1. The Labute approximate surface area is 170 Å². The van der Waals surface area contributed by atoms with E-state index in [1.54, 1.807) is 0 Å². The van der Waals surface area contributed by atoms with E-state index in [0.717, 1.165) is 29.3 Å². The van der Waals surface area contributed by atoms with Gasteiger partial charge in [-0.2, -0.15) is 0 Å². The molecule has 150 valence electrons. The third-order valence-electron chi connectivity index (χ3n) is 5.01. The van der Waals surface area contributed by atoms with Crippen LogP contribution in [0, 0.1) is 4.77 Å². The molecule has 0 radical (unpaired) electrons. The summed E-state index contributed by atoms with van der Waals surface area (Å²) in [6, 6.07) is 6.95. The van der Waals surface area contributed by atoms with Gasteiger partial charge >= 0.3 is 5.97 Å². The van der Waals surface area contributed by atoms with Crippen molar-refractivity contribution in [3.63, 3.8) is 0 Å². The van der Waals surface area contributed by atoms with Crippen molar-refractivity contribution in [3.8, 4) is 5.88 Å². The molecule has 3 N–H and O–H groups in total. The summed E-state index contributed by atoms with van der Waals surface area (Å²) in [4.78, 5) is 34.6. The van der Waals surface area contributed by atoms with Gasteiger partial charge in [0.2, 0.25) is 5.88 Å². The van der Waals surface area contributed by atoms with Gasteiger partial charge in [0.1, 0.15) is 5.56 Å². The van der Waals surface area contributed by atoms with Crippen LogP contribution in [0.2, 0.25) is 0 Å². The van der Waals surface area contributed by atoms with Gasteiger partial charge < -0.3 is 14.8 Å². The number of esters is 1. The van der Waals surface area contributed by atoms with Crippen LogP contribution in [0.3, 0.4) is 0 Å². The summed E-state index contributed by atoms with van der Waals surface area (Å²) in [5, 5.41) is 11.5. The fourth-order valence-corrected chi connectivity index (χ4v) is 3.67. The van der Waals surface area contributed by atoms with Crippen LogP contribution in [0.1, 0.15) is 30.0 Å². The predicted octanol–water partition coefficient (Wildman–Crippen LogP) is 2.63. The highest BCUT2D eigenvalue weighted by atomic mass is 32.1. The number of nitrogens with one attached hydrogen (secondary N) is 2. The molecule has 0 bridgehead atoms. The molecule has 0 aliphatic heterocycles. The number of nitrogens with zero attached hydrogens (tertiary/aromatic N) is 2. The summed E-state index contributed by atoms with van der Waals surface area (Å²) >= 11 is 5.15. The number of carbonyl (C=O) groups is 1. The third-order valence-corrected chi connectivity index (χ3v) is 5.31. The number of carbonyl (C=O) groups excluding carboxylic acids is 1. The van der Waals surface area contributed by atoms with Crippen molar-refractivity contribution < 1.29 is 14.6 Å². The number of methoxy groups -OCH3 is 1. The third kappa shape index (κ3) is 3.73. The molecule has 1 unspecified atom stereocenters. The number of H-pyrrole nitrogens is 2. The van der Waals surface area contributed by atoms with E-state index in [-0.39, 0.29) is 28.7 Å². The van der Waals surface area contributed by atoms with Crippen LogP contribution in [0.15, 0.2) is 40.2 Å². The molecule has 1 aliphatic carbocycles. The Balaban J connectivity index is 1.68. The topological polar surface area (TPSA) is 112 Å². The lowest BCUT2D eigenvalue weighted by molar-refractivity contribution is -0.142. The Hall–Kier alpha value is -3.20. The first-order valence-electron chi connectivity index (χ1n) is 9.23. The Morgan fingerprint density at radius 1 is 1.45 bits per heavy atom. The molecule has 0 amide bonds. The maximum Gasteiger partial charge on any atom is 0.330 e. The van der Waals surface area contributed by atoms with E-state index in [1.165, 1.54) is 17.9 Å². The minimum absolute atomic E-state index is 0.0293. The number of para-hydroxylation sites is 1. The Morgan fingerprint density at radius 3 is 2.93 bits per heavy atom. The predicted molar refractivity (Wildman–Crippen MR) is 111 cm³/mol. The number of fused-ring (bicyclic) bond motifs is 1. The van der Waals surface area contributed by atoms with E-state index in [1.807, 2.05) is 30.5 Å². The van der Waals surface area contributed by atoms with Crippen molar-refractivity contribution in [1.29, 1.82) is 0 Å². The quantitative estimate of drug-likeness (QED) is 0.327. The van der Waals surface area contributed by atoms with Crippen LogP contribution >= 0.6 is 12.2 Å². The summed E-state index contributed by atoms with van der Waals surface area (Å²) < 4.78 is 6.58. The molecule has 1 atom stereocenters. The minimum Gasteiger partial charge on any atom is -0.494 e. The van der Waals surface area contributed by atoms with Gasteiger partial charge in [0.25, 0.3) is 5.56 Å². The maximum atomic E-state index is 12.3. The van der Waals surface area contributed by atoms with E-state index >= 15 is 0 Å². The second-order valence-electron chi connectivity index (χ2n) is 6.98. The van der Waals surface area contributed by atoms with E-state index in [0.29, 0.717) is 0 Å². The van der Waals surface area contributed by atoms with E-state index in [2.05, 4.69) is 15.0 Å². The normalized spacial score (nSPS) is 15.1. The number of aromatic nitrogens is 3. The van der Waals surface area contributed by atoms with Crippen molar-refractivity contribution in [1.82, 2.24) is 14.5 Å². The number of aromatic hydroxyl groups is 1. The maximum absolute atomic E-state index is 12.3. The monoisotopic (exact) mass is 412 g/mol. The number of aromatic amines is 2. The molecule has 1 fully saturated rings. The van der Waals surface area contributed by atoms with Crippen LogP contribution in [-0.4, -0.2) is 45.0 Å². The van der Waals surface area contributed by atoms with Gasteiger partial charge in [-0.3, -0.25) is 19.3 Å². The zero-order chi connectivity index (χ0) is 20.5. The highest BCUT2D eigenvalue weighted by Crippen LogP contribution is 2.37. The minimum atomic E-state index is -0.865. The number of hydrogen-bond donors (Lipinski definition) is 3. The Kier molecular flexibility index (Phi) is 5.06. The molecule has 2 aromatic heterocycles. The average Bonchev–Trinajstić information content (AvgIpc) is 3.46. The van der Waals surface area contributed by atoms with Crippen LogP contribution in [0.4, 0.5) is 0 Å². The van der Waals surface area contributed by atoms with Crippen LogP contribution in [-0.2, 0) is 16.0 Å². The van der Waals surface area contributed by atoms with Crippen molar-refractivity contribution in [2.75, 3.05) is 7.11 Å². The second-order valence-corrected chi connectivity index (χ2v) is 7.37. The van der Waals surface area contributed by atoms with E-state index in [4.69, 9.17) is 17.0 Å². The number of hydrogen-bond acceptors (Lipinski definition) is 6. The molecule has 8 nitrogen and oxygen atoms in total. The summed E-state index contributed by atoms with van der Waals surface area (Å²) in [7, 11) is 1.29. The van der Waals surface area contributed by atoms with Crippen molar-refractivity contribution in [2.24, 2.45) is 4.99 Å². The highest BCUT2D eigenvalue weighted by molar-refractivity contribution is 7.71. The number of benzene rings is 1. The lowest BCUT2D eigenvalue weighted by Crippen LogP contribution is -2.24. The standard InChI is InChI=1S/C20H20N4O4S/c1-28-19(27)16(8-11-9-21-15-5-3-2-4-13(11)15)22-10-14-17(25)23-20(29)24(18(14)26)12-6-7-12/h2-5,9-10,12,16,21,26H,6-8H2,1H3,(H,23,25,29). The molecule has 4 rings (SSSR count). The fraction of sp³-hybridized carbons (Fsp3) is 0.300. The lowest BCUT2D eigenvalue weighted by Gasteiger charge is -2.11. The lowest BCUT2D eigenvalue weighted by atomic mass is 10.1. The van der Waals surface area contributed by atoms with Gasteiger partial charge in [-0.25, -0.2) is 4.79 Å². The van der Waals surface area contributed by atoms with Crippen molar-refractivity contribution >= 4 is 35.3 Å². The first-order valence-corrected chi connectivity index (χ1v) is 9.64. The van der Waals surface area contributed by atoms with Gasteiger partial charge in [-0.05, 0) is 36.7 Å². The SMILES string of the molecule is COC(=O)C(Cc1c[nH]c2ccccc12)N=Cc1c(O)n(C2CC2)c(=S)[nH]c1=O.